The number of anilines is 1. The quantitative estimate of drug-likeness (QED) is 0.594. The number of carboxylic acids is 1. The minimum absolute atomic E-state index is 0.220. The summed E-state index contributed by atoms with van der Waals surface area (Å²) in [4.78, 5) is 21.9. The lowest BCUT2D eigenvalue weighted by atomic mass is 10.2. The van der Waals surface area contributed by atoms with Crippen molar-refractivity contribution in [1.29, 1.82) is 0 Å². The molecule has 0 heterocycles. The van der Waals surface area contributed by atoms with Gasteiger partial charge in [0.05, 0.1) is 0 Å². The van der Waals surface area contributed by atoms with Gasteiger partial charge in [-0.25, -0.2) is 9.59 Å². The van der Waals surface area contributed by atoms with Gasteiger partial charge in [-0.1, -0.05) is 6.08 Å². The highest BCUT2D eigenvalue weighted by molar-refractivity contribution is 5.93. The van der Waals surface area contributed by atoms with Gasteiger partial charge in [-0.05, 0) is 12.1 Å². The van der Waals surface area contributed by atoms with Gasteiger partial charge in [0.15, 0.2) is 0 Å². The monoisotopic (exact) mass is 236 g/mol. The average Bonchev–Trinajstić information content (AvgIpc) is 2.26. The maximum atomic E-state index is 11.2. The summed E-state index contributed by atoms with van der Waals surface area (Å²) in [6, 6.07) is 3.29. The molecule has 0 saturated heterocycles. The predicted molar refractivity (Wildman–Crippen MR) is 62.3 cm³/mol. The molecule has 2 amide bonds. The van der Waals surface area contributed by atoms with E-state index in [1.54, 1.807) is 0 Å². The number of phenols is 1. The second kappa shape index (κ2) is 5.55. The van der Waals surface area contributed by atoms with Crippen molar-refractivity contribution in [3.8, 4) is 5.75 Å². The Kier molecular flexibility index (Phi) is 4.10. The van der Waals surface area contributed by atoms with Crippen LogP contribution in [0.15, 0.2) is 30.9 Å². The Morgan fingerprint density at radius 2 is 2.12 bits per heavy atom. The lowest BCUT2D eigenvalue weighted by Gasteiger charge is -2.07. The molecule has 0 fully saturated rings. The lowest BCUT2D eigenvalue weighted by Crippen LogP contribution is -2.28. The first kappa shape index (κ1) is 12.6. The summed E-state index contributed by atoms with van der Waals surface area (Å²) in [6.07, 6.45) is 1.52. The molecule has 17 heavy (non-hydrogen) atoms. The number of rotatable bonds is 4. The fourth-order valence-electron chi connectivity index (χ4n) is 1.13. The summed E-state index contributed by atoms with van der Waals surface area (Å²) in [5, 5.41) is 23.0. The van der Waals surface area contributed by atoms with Gasteiger partial charge in [0, 0.05) is 18.3 Å². The third kappa shape index (κ3) is 3.53. The Morgan fingerprint density at radius 1 is 1.41 bits per heavy atom. The van der Waals surface area contributed by atoms with Crippen LogP contribution in [0.1, 0.15) is 10.4 Å². The highest BCUT2D eigenvalue weighted by atomic mass is 16.4. The zero-order valence-electron chi connectivity index (χ0n) is 8.93. The van der Waals surface area contributed by atoms with Crippen molar-refractivity contribution >= 4 is 17.7 Å². The van der Waals surface area contributed by atoms with E-state index in [0.717, 1.165) is 6.07 Å². The summed E-state index contributed by atoms with van der Waals surface area (Å²) in [5.41, 5.74) is 0.0797. The molecule has 0 atom stereocenters. The van der Waals surface area contributed by atoms with Gasteiger partial charge in [0.1, 0.15) is 11.3 Å². The highest BCUT2D eigenvalue weighted by Gasteiger charge is 2.10. The van der Waals surface area contributed by atoms with Gasteiger partial charge in [0.2, 0.25) is 0 Å². The second-order valence-electron chi connectivity index (χ2n) is 3.16. The number of hydrogen-bond acceptors (Lipinski definition) is 3. The Hall–Kier alpha value is -2.50. The molecule has 0 aromatic heterocycles. The van der Waals surface area contributed by atoms with Crippen LogP contribution in [0.3, 0.4) is 0 Å². The Labute approximate surface area is 97.6 Å². The molecule has 4 N–H and O–H groups in total. The molecule has 0 radical (unpaired) electrons. The Morgan fingerprint density at radius 3 is 2.65 bits per heavy atom. The van der Waals surface area contributed by atoms with Crippen LogP contribution in [0.25, 0.3) is 0 Å². The van der Waals surface area contributed by atoms with E-state index in [-0.39, 0.29) is 5.56 Å². The smallest absolute Gasteiger partial charge is 0.339 e. The normalized spacial score (nSPS) is 9.41. The van der Waals surface area contributed by atoms with Gasteiger partial charge in [-0.2, -0.15) is 0 Å². The van der Waals surface area contributed by atoms with Crippen molar-refractivity contribution < 1.29 is 19.8 Å². The zero-order chi connectivity index (χ0) is 12.8. The van der Waals surface area contributed by atoms with E-state index in [0.29, 0.717) is 12.2 Å². The van der Waals surface area contributed by atoms with Gasteiger partial charge in [-0.3, -0.25) is 0 Å². The summed E-state index contributed by atoms with van der Waals surface area (Å²) in [7, 11) is 0. The number of benzene rings is 1. The predicted octanol–water partition coefficient (Wildman–Crippen LogP) is 1.40. The van der Waals surface area contributed by atoms with Crippen molar-refractivity contribution in [3.05, 3.63) is 36.4 Å². The van der Waals surface area contributed by atoms with E-state index < -0.39 is 17.7 Å². The maximum Gasteiger partial charge on any atom is 0.339 e. The number of nitrogens with one attached hydrogen (secondary N) is 2. The van der Waals surface area contributed by atoms with Crippen LogP contribution in [0.5, 0.6) is 5.75 Å². The number of aromatic carboxylic acids is 1. The number of aromatic hydroxyl groups is 1. The maximum absolute atomic E-state index is 11.2. The minimum atomic E-state index is -1.23. The van der Waals surface area contributed by atoms with Crippen LogP contribution in [-0.4, -0.2) is 28.8 Å². The van der Waals surface area contributed by atoms with E-state index in [2.05, 4.69) is 17.2 Å². The van der Waals surface area contributed by atoms with Crippen LogP contribution < -0.4 is 10.6 Å². The first-order valence-corrected chi connectivity index (χ1v) is 4.76. The van der Waals surface area contributed by atoms with Crippen LogP contribution >= 0.6 is 0 Å². The van der Waals surface area contributed by atoms with Crippen molar-refractivity contribution in [2.24, 2.45) is 0 Å². The summed E-state index contributed by atoms with van der Waals surface area (Å²) < 4.78 is 0. The van der Waals surface area contributed by atoms with Crippen LogP contribution in [0, 0.1) is 0 Å². The van der Waals surface area contributed by atoms with E-state index in [1.807, 2.05) is 0 Å². The molecule has 0 spiro atoms. The fourth-order valence-corrected chi connectivity index (χ4v) is 1.13. The molecule has 90 valence electrons. The largest absolute Gasteiger partial charge is 0.507 e. The Balaban J connectivity index is 2.74. The molecule has 0 aliphatic heterocycles. The number of hydrogen-bond donors (Lipinski definition) is 4. The highest BCUT2D eigenvalue weighted by Crippen LogP contribution is 2.21. The molecule has 0 aliphatic carbocycles. The molecule has 1 aromatic rings. The molecule has 6 nitrogen and oxygen atoms in total. The molecule has 6 heteroatoms. The number of carboxylic acid groups (broad SMARTS) is 1. The lowest BCUT2D eigenvalue weighted by molar-refractivity contribution is 0.0694. The van der Waals surface area contributed by atoms with Crippen molar-refractivity contribution in [2.45, 2.75) is 0 Å². The number of carbonyl (C=O) groups is 2. The van der Waals surface area contributed by atoms with Gasteiger partial charge in [0.25, 0.3) is 0 Å². The average molecular weight is 236 g/mol. The summed E-state index contributed by atoms with van der Waals surface area (Å²) in [6.45, 7) is 3.75. The van der Waals surface area contributed by atoms with Crippen LogP contribution in [-0.2, 0) is 0 Å². The molecular weight excluding hydrogens is 224 g/mol. The van der Waals surface area contributed by atoms with Crippen molar-refractivity contribution in [2.75, 3.05) is 11.9 Å². The molecule has 1 rings (SSSR count). The summed E-state index contributed by atoms with van der Waals surface area (Å²) >= 11 is 0. The Bertz CT molecular complexity index is 457. The number of urea groups is 1. The molecule has 1 aromatic carbocycles. The molecule has 0 aliphatic rings. The molecule has 0 unspecified atom stereocenters. The SMILES string of the molecule is C=CCNC(=O)Nc1ccc(C(=O)O)c(O)c1. The summed E-state index contributed by atoms with van der Waals surface area (Å²) in [5.74, 6) is -1.64. The number of carbonyl (C=O) groups excluding carboxylic acids is 1. The van der Waals surface area contributed by atoms with Crippen LogP contribution in [0.4, 0.5) is 10.5 Å². The first-order valence-electron chi connectivity index (χ1n) is 4.76. The third-order valence-corrected chi connectivity index (χ3v) is 1.89. The third-order valence-electron chi connectivity index (χ3n) is 1.89. The molecule has 0 saturated carbocycles. The van der Waals surface area contributed by atoms with E-state index in [4.69, 9.17) is 5.11 Å². The van der Waals surface area contributed by atoms with Gasteiger partial charge >= 0.3 is 12.0 Å². The minimum Gasteiger partial charge on any atom is -0.507 e. The standard InChI is InChI=1S/C11H12N2O4/c1-2-5-12-11(17)13-7-3-4-8(10(15)16)9(14)6-7/h2-4,6,14H,1,5H2,(H,15,16)(H2,12,13,17). The zero-order valence-corrected chi connectivity index (χ0v) is 8.93. The van der Waals surface area contributed by atoms with E-state index >= 15 is 0 Å². The van der Waals surface area contributed by atoms with E-state index in [9.17, 15) is 14.7 Å². The molecule has 0 bridgehead atoms. The first-order chi connectivity index (χ1) is 8.04. The van der Waals surface area contributed by atoms with Gasteiger partial charge in [-0.15, -0.1) is 6.58 Å². The second-order valence-corrected chi connectivity index (χ2v) is 3.16. The fraction of sp³-hybridized carbons (Fsp3) is 0.0909. The van der Waals surface area contributed by atoms with Crippen LogP contribution in [0.2, 0.25) is 0 Å². The molecular formula is C11H12N2O4. The topological polar surface area (TPSA) is 98.7 Å². The van der Waals surface area contributed by atoms with Crippen molar-refractivity contribution in [1.82, 2.24) is 5.32 Å². The number of amides is 2. The van der Waals surface area contributed by atoms with E-state index in [1.165, 1.54) is 18.2 Å². The van der Waals surface area contributed by atoms with Gasteiger partial charge < -0.3 is 20.8 Å². The van der Waals surface area contributed by atoms with Crippen molar-refractivity contribution in [3.63, 3.8) is 0 Å².